The molecule has 0 saturated carbocycles. The molecule has 0 rings (SSSR count). The Kier molecular flexibility index (Phi) is 28.3. The highest BCUT2D eigenvalue weighted by Crippen LogP contribution is 2.15. The van der Waals surface area contributed by atoms with E-state index >= 15 is 0 Å². The predicted molar refractivity (Wildman–Crippen MR) is 167 cm³/mol. The number of unbranched alkanes of at least 4 members (excludes halogenated alkanes) is 15. The van der Waals surface area contributed by atoms with Crippen molar-refractivity contribution in [1.82, 2.24) is 5.32 Å². The van der Waals surface area contributed by atoms with Gasteiger partial charge in [-0.25, -0.2) is 0 Å². The van der Waals surface area contributed by atoms with Crippen LogP contribution in [0.4, 0.5) is 0 Å². The first-order chi connectivity index (χ1) is 18.5. The Bertz CT molecular complexity index is 613. The minimum Gasteiger partial charge on any atom is -0.466 e. The van der Waals surface area contributed by atoms with E-state index in [9.17, 15) is 14.4 Å². The zero-order valence-corrected chi connectivity index (χ0v) is 26.4. The van der Waals surface area contributed by atoms with Gasteiger partial charge in [-0.05, 0) is 13.3 Å². The van der Waals surface area contributed by atoms with Crippen LogP contribution in [0.1, 0.15) is 136 Å². The highest BCUT2D eigenvalue weighted by atomic mass is 32.2. The molecule has 1 N–H and O–H groups in total. The molecule has 0 aliphatic heterocycles. The molecule has 0 radical (unpaired) electrons. The summed E-state index contributed by atoms with van der Waals surface area (Å²) >= 11 is 2.93. The third-order valence-electron chi connectivity index (χ3n) is 6.38. The maximum atomic E-state index is 12.0. The second-order valence-electron chi connectivity index (χ2n) is 10.2. The second-order valence-corrected chi connectivity index (χ2v) is 12.8. The molecule has 1 unspecified atom stereocenters. The maximum absolute atomic E-state index is 12.0. The van der Waals surface area contributed by atoms with Crippen LogP contribution in [-0.2, 0) is 19.1 Å². The lowest BCUT2D eigenvalue weighted by molar-refractivity contribution is -0.143. The number of carbonyl (C=O) groups excluding carboxylic acids is 3. The zero-order chi connectivity index (χ0) is 28.1. The van der Waals surface area contributed by atoms with Crippen molar-refractivity contribution in [3.8, 4) is 0 Å². The van der Waals surface area contributed by atoms with Crippen LogP contribution < -0.4 is 5.32 Å². The maximum Gasteiger partial charge on any atom is 0.306 e. The second kappa shape index (κ2) is 29.0. The molecule has 1 amide bonds. The molecule has 222 valence electrons. The number of nitrogens with one attached hydrogen (secondary N) is 1. The van der Waals surface area contributed by atoms with E-state index in [-0.39, 0.29) is 23.4 Å². The number of hydrogen-bond donors (Lipinski definition) is 1. The lowest BCUT2D eigenvalue weighted by Crippen LogP contribution is -2.22. The van der Waals surface area contributed by atoms with Gasteiger partial charge in [-0.3, -0.25) is 14.4 Å². The van der Waals surface area contributed by atoms with E-state index in [1.54, 1.807) is 11.8 Å². The van der Waals surface area contributed by atoms with Crippen LogP contribution in [0.25, 0.3) is 0 Å². The number of rotatable bonds is 27. The lowest BCUT2D eigenvalue weighted by Gasteiger charge is -2.06. The molecule has 0 bridgehead atoms. The number of ether oxygens (including phenoxy) is 1. The minimum atomic E-state index is -0.203. The van der Waals surface area contributed by atoms with Crippen molar-refractivity contribution >= 4 is 40.5 Å². The Hall–Kier alpha value is -0.950. The van der Waals surface area contributed by atoms with Gasteiger partial charge in [0.1, 0.15) is 0 Å². The first-order valence-corrected chi connectivity index (χ1v) is 17.3. The van der Waals surface area contributed by atoms with Crippen LogP contribution in [0, 0.1) is 0 Å². The summed E-state index contributed by atoms with van der Waals surface area (Å²) in [6.07, 6.45) is 25.8. The van der Waals surface area contributed by atoms with Crippen molar-refractivity contribution in [2.24, 2.45) is 0 Å². The minimum absolute atomic E-state index is 0.0134. The lowest BCUT2D eigenvalue weighted by atomic mass is 10.0. The molecule has 1 atom stereocenters. The standard InChI is InChI=1S/C31H57NO4S2/c1-4-5-6-7-8-9-10-11-12-13-14-15-16-17-18-19-25-36-30(34)23-26-38-31(35)22-20-21-28(2)37-27-24-32-29(3)33/h20-21,28H,4-19,22-27H2,1-3H3,(H,32,33). The fourth-order valence-corrected chi connectivity index (χ4v) is 5.62. The van der Waals surface area contributed by atoms with Crippen molar-refractivity contribution in [2.45, 2.75) is 142 Å². The first-order valence-electron chi connectivity index (χ1n) is 15.3. The average molecular weight is 572 g/mol. The van der Waals surface area contributed by atoms with Crippen LogP contribution >= 0.6 is 23.5 Å². The third kappa shape index (κ3) is 29.6. The topological polar surface area (TPSA) is 72.5 Å². The van der Waals surface area contributed by atoms with Gasteiger partial charge in [0.2, 0.25) is 5.91 Å². The van der Waals surface area contributed by atoms with E-state index in [0.717, 1.165) is 18.6 Å². The smallest absolute Gasteiger partial charge is 0.306 e. The highest BCUT2D eigenvalue weighted by molar-refractivity contribution is 8.13. The van der Waals surface area contributed by atoms with Gasteiger partial charge in [-0.15, -0.1) is 0 Å². The van der Waals surface area contributed by atoms with Gasteiger partial charge in [-0.1, -0.05) is 127 Å². The fraction of sp³-hybridized carbons (Fsp3) is 0.839. The number of allylic oxidation sites excluding steroid dienone is 1. The van der Waals surface area contributed by atoms with E-state index in [2.05, 4.69) is 19.2 Å². The quantitative estimate of drug-likeness (QED) is 0.0604. The molecule has 0 saturated heterocycles. The highest BCUT2D eigenvalue weighted by Gasteiger charge is 2.06. The summed E-state index contributed by atoms with van der Waals surface area (Å²) in [4.78, 5) is 34.7. The molecule has 5 nitrogen and oxygen atoms in total. The zero-order valence-electron chi connectivity index (χ0n) is 24.7. The number of carbonyl (C=O) groups is 3. The first kappa shape index (κ1) is 37.0. The van der Waals surface area contributed by atoms with E-state index in [4.69, 9.17) is 4.74 Å². The van der Waals surface area contributed by atoms with E-state index in [1.807, 2.05) is 12.2 Å². The molecular weight excluding hydrogens is 514 g/mol. The van der Waals surface area contributed by atoms with Gasteiger partial charge in [0.25, 0.3) is 0 Å². The summed E-state index contributed by atoms with van der Waals surface area (Å²) in [5.74, 6) is 1.10. The largest absolute Gasteiger partial charge is 0.466 e. The number of thioether (sulfide) groups is 2. The van der Waals surface area contributed by atoms with Crippen molar-refractivity contribution < 1.29 is 19.1 Å². The monoisotopic (exact) mass is 571 g/mol. The third-order valence-corrected chi connectivity index (χ3v) is 8.40. The van der Waals surface area contributed by atoms with Gasteiger partial charge in [-0.2, -0.15) is 11.8 Å². The molecule has 0 fully saturated rings. The average Bonchev–Trinajstić information content (AvgIpc) is 2.88. The Labute approximate surface area is 242 Å². The van der Waals surface area contributed by atoms with E-state index in [1.165, 1.54) is 109 Å². The fourth-order valence-electron chi connectivity index (χ4n) is 4.10. The van der Waals surface area contributed by atoms with Gasteiger partial charge >= 0.3 is 5.97 Å². The molecule has 0 aliphatic carbocycles. The normalized spacial score (nSPS) is 12.1. The van der Waals surface area contributed by atoms with E-state index < -0.39 is 0 Å². The van der Waals surface area contributed by atoms with Crippen molar-refractivity contribution in [2.75, 3.05) is 24.7 Å². The number of hydrogen-bond acceptors (Lipinski definition) is 6. The predicted octanol–water partition coefficient (Wildman–Crippen LogP) is 8.65. The Morgan fingerprint density at radius 2 is 1.32 bits per heavy atom. The van der Waals surface area contributed by atoms with Crippen LogP contribution in [0.2, 0.25) is 0 Å². The molecule has 0 aromatic heterocycles. The van der Waals surface area contributed by atoms with Crippen LogP contribution in [-0.4, -0.2) is 46.9 Å². The van der Waals surface area contributed by atoms with Gasteiger partial charge < -0.3 is 10.1 Å². The van der Waals surface area contributed by atoms with Gasteiger partial charge in [0, 0.05) is 36.6 Å². The summed E-state index contributed by atoms with van der Waals surface area (Å²) in [6.45, 7) is 7.01. The van der Waals surface area contributed by atoms with Crippen molar-refractivity contribution in [3.63, 3.8) is 0 Å². The van der Waals surface area contributed by atoms with Crippen LogP contribution in [0.15, 0.2) is 12.2 Å². The molecule has 0 aliphatic rings. The summed E-state index contributed by atoms with van der Waals surface area (Å²) in [6, 6.07) is 0. The molecule has 0 aromatic carbocycles. The van der Waals surface area contributed by atoms with Crippen molar-refractivity contribution in [3.05, 3.63) is 12.2 Å². The Morgan fingerprint density at radius 3 is 1.84 bits per heavy atom. The summed E-state index contributed by atoms with van der Waals surface area (Å²) in [5, 5.41) is 3.13. The van der Waals surface area contributed by atoms with Crippen LogP contribution in [0.5, 0.6) is 0 Å². The number of esters is 1. The summed E-state index contributed by atoms with van der Waals surface area (Å²) < 4.78 is 5.31. The van der Waals surface area contributed by atoms with Crippen molar-refractivity contribution in [1.29, 1.82) is 0 Å². The number of amides is 1. The molecule has 38 heavy (non-hydrogen) atoms. The molecule has 0 heterocycles. The molecule has 0 spiro atoms. The Morgan fingerprint density at radius 1 is 0.789 bits per heavy atom. The molecular formula is C31H57NO4S2. The summed E-state index contributed by atoms with van der Waals surface area (Å²) in [5.41, 5.74) is 0. The van der Waals surface area contributed by atoms with E-state index in [0.29, 0.717) is 30.6 Å². The summed E-state index contributed by atoms with van der Waals surface area (Å²) in [7, 11) is 0. The molecule has 0 aromatic rings. The molecule has 7 heteroatoms. The Balaban J connectivity index is 3.41. The van der Waals surface area contributed by atoms with Crippen LogP contribution in [0.3, 0.4) is 0 Å². The SMILES string of the molecule is CCCCCCCCCCCCCCCCCCOC(=O)CCSC(=O)CC=CC(C)SCCNC(C)=O. The van der Waals surface area contributed by atoms with Gasteiger partial charge in [0.15, 0.2) is 5.12 Å². The van der Waals surface area contributed by atoms with Gasteiger partial charge in [0.05, 0.1) is 13.0 Å².